The SMILES string of the molecule is Cc1cc(Br)sc1Br.[Zn]. The molecule has 0 unspecified atom stereocenters. The number of rotatable bonds is 0. The Balaban J connectivity index is 0.000000640. The van der Waals surface area contributed by atoms with E-state index in [1.165, 1.54) is 13.1 Å². The first kappa shape index (κ1) is 10.3. The van der Waals surface area contributed by atoms with E-state index in [1.807, 2.05) is 0 Å². The quantitative estimate of drug-likeness (QED) is 0.641. The van der Waals surface area contributed by atoms with Gasteiger partial charge in [0.2, 0.25) is 0 Å². The Morgan fingerprint density at radius 1 is 1.44 bits per heavy atom. The summed E-state index contributed by atoms with van der Waals surface area (Å²) in [5.74, 6) is 0. The standard InChI is InChI=1S/C5H4Br2S.Zn/c1-3-2-4(6)8-5(3)7;/h2H,1H3;. The Labute approximate surface area is 88.1 Å². The number of thiophene rings is 1. The molecule has 0 bridgehead atoms. The van der Waals surface area contributed by atoms with Crippen molar-refractivity contribution in [3.63, 3.8) is 0 Å². The first-order valence-corrected chi connectivity index (χ1v) is 4.52. The molecule has 4 heteroatoms. The van der Waals surface area contributed by atoms with Crippen LogP contribution in [0.3, 0.4) is 0 Å². The molecule has 0 nitrogen and oxygen atoms in total. The molecule has 0 amide bonds. The second kappa shape index (κ2) is 4.22. The van der Waals surface area contributed by atoms with Gasteiger partial charge in [-0.15, -0.1) is 11.3 Å². The molecule has 0 fully saturated rings. The molecule has 0 radical (unpaired) electrons. The fourth-order valence-electron chi connectivity index (χ4n) is 0.423. The fraction of sp³-hybridized carbons (Fsp3) is 0.200. The molecule has 0 aliphatic carbocycles. The van der Waals surface area contributed by atoms with Crippen molar-refractivity contribution < 1.29 is 19.5 Å². The van der Waals surface area contributed by atoms with Gasteiger partial charge in [-0.1, -0.05) is 0 Å². The summed E-state index contributed by atoms with van der Waals surface area (Å²) in [6.07, 6.45) is 0. The third kappa shape index (κ3) is 2.79. The van der Waals surface area contributed by atoms with Crippen LogP contribution in [0.2, 0.25) is 0 Å². The van der Waals surface area contributed by atoms with E-state index in [0.29, 0.717) is 0 Å². The summed E-state index contributed by atoms with van der Waals surface area (Å²) in [7, 11) is 0. The van der Waals surface area contributed by atoms with Gasteiger partial charge in [0, 0.05) is 19.5 Å². The number of aryl methyl sites for hydroxylation is 1. The molecule has 0 N–H and O–H groups in total. The van der Waals surface area contributed by atoms with Crippen molar-refractivity contribution in [2.75, 3.05) is 0 Å². The van der Waals surface area contributed by atoms with Crippen LogP contribution in [0.5, 0.6) is 0 Å². The van der Waals surface area contributed by atoms with Gasteiger partial charge in [0.05, 0.1) is 7.57 Å². The van der Waals surface area contributed by atoms with Crippen molar-refractivity contribution in [1.82, 2.24) is 0 Å². The zero-order chi connectivity index (χ0) is 6.15. The Bertz CT molecular complexity index is 177. The van der Waals surface area contributed by atoms with Crippen LogP contribution in [0.1, 0.15) is 5.56 Å². The second-order valence-electron chi connectivity index (χ2n) is 1.51. The molecule has 0 atom stereocenters. The molecular weight excluding hydrogens is 317 g/mol. The third-order valence-electron chi connectivity index (χ3n) is 0.827. The van der Waals surface area contributed by atoms with E-state index in [-0.39, 0.29) is 19.5 Å². The van der Waals surface area contributed by atoms with Crippen molar-refractivity contribution in [2.45, 2.75) is 6.92 Å². The Morgan fingerprint density at radius 2 is 2.00 bits per heavy atom. The molecule has 0 saturated carbocycles. The van der Waals surface area contributed by atoms with Gasteiger partial charge in [-0.3, -0.25) is 0 Å². The molecule has 0 spiro atoms. The van der Waals surface area contributed by atoms with E-state index < -0.39 is 0 Å². The summed E-state index contributed by atoms with van der Waals surface area (Å²) in [4.78, 5) is 0. The molecule has 0 aromatic carbocycles. The number of halogens is 2. The number of hydrogen-bond donors (Lipinski definition) is 0. The molecule has 0 aliphatic rings. The van der Waals surface area contributed by atoms with Crippen LogP contribution in [0.25, 0.3) is 0 Å². The molecule has 0 aliphatic heterocycles. The van der Waals surface area contributed by atoms with Gasteiger partial charge in [-0.05, 0) is 50.4 Å². The molecule has 0 saturated heterocycles. The predicted octanol–water partition coefficient (Wildman–Crippen LogP) is 3.58. The molecule has 9 heavy (non-hydrogen) atoms. The number of hydrogen-bond acceptors (Lipinski definition) is 1. The largest absolute Gasteiger partial charge is 0.121 e. The summed E-state index contributed by atoms with van der Waals surface area (Å²) in [6.45, 7) is 2.07. The molecule has 1 aromatic rings. The molecule has 1 heterocycles. The normalized spacial score (nSPS) is 8.78. The van der Waals surface area contributed by atoms with Gasteiger partial charge in [-0.25, -0.2) is 0 Å². The first-order chi connectivity index (χ1) is 3.70. The smallest absolute Gasteiger partial charge is 0.0739 e. The van der Waals surface area contributed by atoms with E-state index in [2.05, 4.69) is 44.8 Å². The minimum Gasteiger partial charge on any atom is -0.121 e. The summed E-state index contributed by atoms with van der Waals surface area (Å²) < 4.78 is 2.39. The molecule has 1 aromatic heterocycles. The van der Waals surface area contributed by atoms with Crippen LogP contribution in [-0.4, -0.2) is 0 Å². The van der Waals surface area contributed by atoms with Crippen LogP contribution in [0.4, 0.5) is 0 Å². The Hall–Kier alpha value is 1.28. The van der Waals surface area contributed by atoms with Gasteiger partial charge in [0.1, 0.15) is 0 Å². The fourth-order valence-corrected chi connectivity index (χ4v) is 3.17. The molecular formula is C5H4Br2SZn. The van der Waals surface area contributed by atoms with Gasteiger partial charge < -0.3 is 0 Å². The van der Waals surface area contributed by atoms with Crippen molar-refractivity contribution in [3.8, 4) is 0 Å². The van der Waals surface area contributed by atoms with E-state index in [9.17, 15) is 0 Å². The van der Waals surface area contributed by atoms with Crippen molar-refractivity contribution >= 4 is 43.2 Å². The maximum absolute atomic E-state index is 3.40. The zero-order valence-corrected chi connectivity index (χ0v) is 11.9. The average molecular weight is 321 g/mol. The van der Waals surface area contributed by atoms with Crippen LogP contribution in [0, 0.1) is 6.92 Å². The Kier molecular flexibility index (Phi) is 4.82. The summed E-state index contributed by atoms with van der Waals surface area (Å²) in [5, 5.41) is 0. The Morgan fingerprint density at radius 3 is 2.11 bits per heavy atom. The van der Waals surface area contributed by atoms with E-state index >= 15 is 0 Å². The third-order valence-corrected chi connectivity index (χ3v) is 3.47. The second-order valence-corrected chi connectivity index (χ2v) is 5.26. The van der Waals surface area contributed by atoms with Crippen molar-refractivity contribution in [3.05, 3.63) is 19.2 Å². The van der Waals surface area contributed by atoms with Gasteiger partial charge in [-0.2, -0.15) is 0 Å². The maximum Gasteiger partial charge on any atom is 0.0739 e. The summed E-state index contributed by atoms with van der Waals surface area (Å²) in [6, 6.07) is 2.09. The zero-order valence-electron chi connectivity index (χ0n) is 4.95. The van der Waals surface area contributed by atoms with Gasteiger partial charge >= 0.3 is 0 Å². The van der Waals surface area contributed by atoms with Gasteiger partial charge in [0.25, 0.3) is 0 Å². The summed E-state index contributed by atoms with van der Waals surface area (Å²) in [5.41, 5.74) is 1.29. The predicted molar refractivity (Wildman–Crippen MR) is 44.5 cm³/mol. The molecule has 46 valence electrons. The monoisotopic (exact) mass is 318 g/mol. The van der Waals surface area contributed by atoms with Crippen LogP contribution in [-0.2, 0) is 19.5 Å². The minimum atomic E-state index is 0. The van der Waals surface area contributed by atoms with Gasteiger partial charge in [0.15, 0.2) is 0 Å². The van der Waals surface area contributed by atoms with Crippen LogP contribution >= 0.6 is 43.2 Å². The van der Waals surface area contributed by atoms with Crippen LogP contribution in [0.15, 0.2) is 13.6 Å². The van der Waals surface area contributed by atoms with Crippen LogP contribution < -0.4 is 0 Å². The first-order valence-electron chi connectivity index (χ1n) is 2.11. The van der Waals surface area contributed by atoms with Crippen molar-refractivity contribution in [1.29, 1.82) is 0 Å². The summed E-state index contributed by atoms with van der Waals surface area (Å²) >= 11 is 8.48. The minimum absolute atomic E-state index is 0. The van der Waals surface area contributed by atoms with E-state index in [1.54, 1.807) is 11.3 Å². The molecule has 1 rings (SSSR count). The van der Waals surface area contributed by atoms with E-state index in [4.69, 9.17) is 0 Å². The topological polar surface area (TPSA) is 0 Å². The maximum atomic E-state index is 3.40. The average Bonchev–Trinajstić information content (AvgIpc) is 1.85. The van der Waals surface area contributed by atoms with Crippen molar-refractivity contribution in [2.24, 2.45) is 0 Å². The van der Waals surface area contributed by atoms with E-state index in [0.717, 1.165) is 0 Å².